The SMILES string of the molecule is CCC(=O)NC1CCN(C(=O)C2CCCO2)CC1. The summed E-state index contributed by atoms with van der Waals surface area (Å²) < 4.78 is 5.42. The Balaban J connectivity index is 1.75. The summed E-state index contributed by atoms with van der Waals surface area (Å²) in [5.74, 6) is 0.228. The Hall–Kier alpha value is -1.10. The average Bonchev–Trinajstić information content (AvgIpc) is 2.92. The van der Waals surface area contributed by atoms with Gasteiger partial charge < -0.3 is 15.0 Å². The molecule has 0 aromatic heterocycles. The number of rotatable bonds is 3. The molecule has 0 saturated carbocycles. The third-order valence-electron chi connectivity index (χ3n) is 3.70. The van der Waals surface area contributed by atoms with Crippen LogP contribution in [0.2, 0.25) is 0 Å². The lowest BCUT2D eigenvalue weighted by molar-refractivity contribution is -0.142. The smallest absolute Gasteiger partial charge is 0.251 e. The van der Waals surface area contributed by atoms with Crippen molar-refractivity contribution in [3.8, 4) is 0 Å². The van der Waals surface area contributed by atoms with Crippen LogP contribution in [0.4, 0.5) is 0 Å². The molecule has 0 aromatic carbocycles. The van der Waals surface area contributed by atoms with Crippen LogP contribution in [0.1, 0.15) is 39.0 Å². The van der Waals surface area contributed by atoms with Crippen molar-refractivity contribution >= 4 is 11.8 Å². The van der Waals surface area contributed by atoms with Gasteiger partial charge in [0, 0.05) is 32.2 Å². The van der Waals surface area contributed by atoms with Gasteiger partial charge >= 0.3 is 0 Å². The lowest BCUT2D eigenvalue weighted by Gasteiger charge is -2.33. The number of ether oxygens (including phenoxy) is 1. The van der Waals surface area contributed by atoms with Crippen LogP contribution in [0.5, 0.6) is 0 Å². The molecule has 1 N–H and O–H groups in total. The summed E-state index contributed by atoms with van der Waals surface area (Å²) >= 11 is 0. The number of carbonyl (C=O) groups is 2. The first-order valence-electron chi connectivity index (χ1n) is 6.90. The van der Waals surface area contributed by atoms with Crippen molar-refractivity contribution in [1.29, 1.82) is 0 Å². The number of likely N-dealkylation sites (tertiary alicyclic amines) is 1. The van der Waals surface area contributed by atoms with Gasteiger partial charge in [-0.25, -0.2) is 0 Å². The minimum absolute atomic E-state index is 0.0962. The number of piperidine rings is 1. The Morgan fingerprint density at radius 2 is 2.00 bits per heavy atom. The van der Waals surface area contributed by atoms with Crippen LogP contribution in [0.3, 0.4) is 0 Å². The molecule has 0 aromatic rings. The first-order chi connectivity index (χ1) is 8.70. The quantitative estimate of drug-likeness (QED) is 0.806. The van der Waals surface area contributed by atoms with E-state index in [-0.39, 0.29) is 24.0 Å². The zero-order valence-electron chi connectivity index (χ0n) is 11.0. The molecule has 102 valence electrons. The van der Waals surface area contributed by atoms with Crippen molar-refractivity contribution in [2.45, 2.75) is 51.2 Å². The number of hydrogen-bond donors (Lipinski definition) is 1. The predicted octanol–water partition coefficient (Wildman–Crippen LogP) is 0.683. The van der Waals surface area contributed by atoms with Gasteiger partial charge in [-0.1, -0.05) is 6.92 Å². The third kappa shape index (κ3) is 3.22. The van der Waals surface area contributed by atoms with Gasteiger partial charge in [0.2, 0.25) is 5.91 Å². The Morgan fingerprint density at radius 3 is 2.56 bits per heavy atom. The molecule has 1 atom stereocenters. The van der Waals surface area contributed by atoms with Gasteiger partial charge in [0.15, 0.2) is 0 Å². The van der Waals surface area contributed by atoms with Crippen molar-refractivity contribution in [3.63, 3.8) is 0 Å². The van der Waals surface area contributed by atoms with Crippen LogP contribution in [0.15, 0.2) is 0 Å². The highest BCUT2D eigenvalue weighted by molar-refractivity contribution is 5.81. The highest BCUT2D eigenvalue weighted by atomic mass is 16.5. The fourth-order valence-electron chi connectivity index (χ4n) is 2.55. The monoisotopic (exact) mass is 254 g/mol. The summed E-state index contributed by atoms with van der Waals surface area (Å²) in [5.41, 5.74) is 0. The van der Waals surface area contributed by atoms with Gasteiger partial charge in [-0.2, -0.15) is 0 Å². The fourth-order valence-corrected chi connectivity index (χ4v) is 2.55. The maximum absolute atomic E-state index is 12.1. The van der Waals surface area contributed by atoms with Crippen LogP contribution in [0.25, 0.3) is 0 Å². The molecule has 2 saturated heterocycles. The van der Waals surface area contributed by atoms with Crippen molar-refractivity contribution in [1.82, 2.24) is 10.2 Å². The Labute approximate surface area is 108 Å². The molecule has 2 fully saturated rings. The van der Waals surface area contributed by atoms with Crippen LogP contribution < -0.4 is 5.32 Å². The van der Waals surface area contributed by atoms with E-state index >= 15 is 0 Å². The summed E-state index contributed by atoms with van der Waals surface area (Å²) in [4.78, 5) is 25.3. The van der Waals surface area contributed by atoms with Crippen molar-refractivity contribution < 1.29 is 14.3 Å². The largest absolute Gasteiger partial charge is 0.368 e. The molecule has 5 heteroatoms. The minimum Gasteiger partial charge on any atom is -0.368 e. The fraction of sp³-hybridized carbons (Fsp3) is 0.846. The van der Waals surface area contributed by atoms with Gasteiger partial charge in [-0.15, -0.1) is 0 Å². The lowest BCUT2D eigenvalue weighted by atomic mass is 10.0. The first kappa shape index (κ1) is 13.3. The topological polar surface area (TPSA) is 58.6 Å². The van der Waals surface area contributed by atoms with Gasteiger partial charge in [-0.3, -0.25) is 9.59 Å². The summed E-state index contributed by atoms with van der Waals surface area (Å²) in [6.45, 7) is 4.02. The second kappa shape index (κ2) is 6.18. The van der Waals surface area contributed by atoms with E-state index in [1.165, 1.54) is 0 Å². The highest BCUT2D eigenvalue weighted by Gasteiger charge is 2.30. The number of carbonyl (C=O) groups excluding carboxylic acids is 2. The summed E-state index contributed by atoms with van der Waals surface area (Å²) in [6, 6.07) is 0.228. The average molecular weight is 254 g/mol. The van der Waals surface area contributed by atoms with Crippen LogP contribution >= 0.6 is 0 Å². The molecule has 18 heavy (non-hydrogen) atoms. The van der Waals surface area contributed by atoms with Gasteiger partial charge in [-0.05, 0) is 25.7 Å². The van der Waals surface area contributed by atoms with E-state index in [2.05, 4.69) is 5.32 Å². The van der Waals surface area contributed by atoms with Crippen LogP contribution in [0, 0.1) is 0 Å². The molecular formula is C13H22N2O3. The molecule has 2 aliphatic heterocycles. The molecule has 2 aliphatic rings. The highest BCUT2D eigenvalue weighted by Crippen LogP contribution is 2.18. The van der Waals surface area contributed by atoms with Crippen LogP contribution in [-0.4, -0.2) is 48.6 Å². The van der Waals surface area contributed by atoms with Gasteiger partial charge in [0.1, 0.15) is 6.10 Å². The normalized spacial score (nSPS) is 25.2. The number of nitrogens with one attached hydrogen (secondary N) is 1. The summed E-state index contributed by atoms with van der Waals surface area (Å²) in [5, 5.41) is 2.99. The second-order valence-corrected chi connectivity index (χ2v) is 5.02. The van der Waals surface area contributed by atoms with Gasteiger partial charge in [0.05, 0.1) is 0 Å². The molecule has 2 rings (SSSR count). The van der Waals surface area contributed by atoms with E-state index in [0.29, 0.717) is 13.0 Å². The number of nitrogens with zero attached hydrogens (tertiary/aromatic N) is 1. The van der Waals surface area contributed by atoms with Crippen molar-refractivity contribution in [2.24, 2.45) is 0 Å². The molecule has 2 amide bonds. The number of amides is 2. The maximum atomic E-state index is 12.1. The lowest BCUT2D eigenvalue weighted by Crippen LogP contribution is -2.49. The summed E-state index contributed by atoms with van der Waals surface area (Å²) in [6.07, 6.45) is 3.85. The van der Waals surface area contributed by atoms with Gasteiger partial charge in [0.25, 0.3) is 5.91 Å². The second-order valence-electron chi connectivity index (χ2n) is 5.02. The van der Waals surface area contributed by atoms with E-state index in [1.54, 1.807) is 0 Å². The third-order valence-corrected chi connectivity index (χ3v) is 3.70. The van der Waals surface area contributed by atoms with E-state index in [1.807, 2.05) is 11.8 Å². The molecule has 1 unspecified atom stereocenters. The molecule has 0 spiro atoms. The van der Waals surface area contributed by atoms with Crippen molar-refractivity contribution in [3.05, 3.63) is 0 Å². The van der Waals surface area contributed by atoms with E-state index in [4.69, 9.17) is 4.74 Å². The predicted molar refractivity (Wildman–Crippen MR) is 67.0 cm³/mol. The van der Waals surface area contributed by atoms with E-state index < -0.39 is 0 Å². The molecule has 5 nitrogen and oxygen atoms in total. The first-order valence-corrected chi connectivity index (χ1v) is 6.90. The Morgan fingerprint density at radius 1 is 1.28 bits per heavy atom. The zero-order chi connectivity index (χ0) is 13.0. The molecule has 2 heterocycles. The Bertz CT molecular complexity index is 305. The standard InChI is InChI=1S/C13H22N2O3/c1-2-12(16)14-10-5-7-15(8-6-10)13(17)11-4-3-9-18-11/h10-11H,2-9H2,1H3,(H,14,16). The molecule has 0 radical (unpaired) electrons. The van der Waals surface area contributed by atoms with E-state index in [0.717, 1.165) is 38.8 Å². The number of hydrogen-bond acceptors (Lipinski definition) is 3. The molecular weight excluding hydrogens is 232 g/mol. The Kier molecular flexibility index (Phi) is 4.58. The minimum atomic E-state index is -0.216. The molecule has 0 aliphatic carbocycles. The van der Waals surface area contributed by atoms with Crippen LogP contribution in [-0.2, 0) is 14.3 Å². The summed E-state index contributed by atoms with van der Waals surface area (Å²) in [7, 11) is 0. The maximum Gasteiger partial charge on any atom is 0.251 e. The molecule has 0 bridgehead atoms. The zero-order valence-corrected chi connectivity index (χ0v) is 11.0. The van der Waals surface area contributed by atoms with Crippen molar-refractivity contribution in [2.75, 3.05) is 19.7 Å². The van der Waals surface area contributed by atoms with E-state index in [9.17, 15) is 9.59 Å².